The van der Waals surface area contributed by atoms with Gasteiger partial charge >= 0.3 is 0 Å². The molecule has 0 saturated carbocycles. The third-order valence-electron chi connectivity index (χ3n) is 6.63. The molecule has 0 saturated heterocycles. The lowest BCUT2D eigenvalue weighted by Gasteiger charge is -2.45. The second-order valence-electron chi connectivity index (χ2n) is 9.09. The van der Waals surface area contributed by atoms with E-state index in [4.69, 9.17) is 0 Å². The van der Waals surface area contributed by atoms with E-state index in [2.05, 4.69) is 106 Å². The Balaban J connectivity index is 2.03. The summed E-state index contributed by atoms with van der Waals surface area (Å²) in [6.07, 6.45) is 1.00. The van der Waals surface area contributed by atoms with Gasteiger partial charge < -0.3 is 0 Å². The molecule has 1 aliphatic carbocycles. The Morgan fingerprint density at radius 1 is 0.714 bits per heavy atom. The maximum absolute atomic E-state index is 4.40. The fourth-order valence-electron chi connectivity index (χ4n) is 5.57. The minimum atomic E-state index is -2.31. The molecule has 3 aromatic carbocycles. The van der Waals surface area contributed by atoms with Gasteiger partial charge in [-0.25, -0.2) is 0 Å². The smallest absolute Gasteiger partial charge is 0.0949 e. The van der Waals surface area contributed by atoms with Crippen molar-refractivity contribution in [2.75, 3.05) is 0 Å². The first-order valence-corrected chi connectivity index (χ1v) is 12.1. The number of hydrogen-bond acceptors (Lipinski definition) is 0. The maximum atomic E-state index is 4.40. The Morgan fingerprint density at radius 2 is 1.25 bits per heavy atom. The molecule has 1 unspecified atom stereocenters. The Morgan fingerprint density at radius 3 is 1.86 bits per heavy atom. The van der Waals surface area contributed by atoms with Crippen molar-refractivity contribution in [2.45, 2.75) is 32.2 Å². The molecule has 0 amide bonds. The van der Waals surface area contributed by atoms with Gasteiger partial charge in [-0.2, -0.15) is 0 Å². The molecule has 2 aliphatic rings. The first-order valence-electron chi connectivity index (χ1n) is 10.1. The highest BCUT2D eigenvalue weighted by atomic mass is 28.3. The summed E-state index contributed by atoms with van der Waals surface area (Å²) in [7, 11) is -2.31. The second kappa shape index (κ2) is 5.92. The Bertz CT molecular complexity index is 1130. The lowest BCUT2D eigenvalue weighted by molar-refractivity contribution is 0.739. The molecule has 0 bridgehead atoms. The zero-order valence-electron chi connectivity index (χ0n) is 16.9. The molecular formula is C27H26Si. The SMILES string of the molecule is C=C1CC2=C1c1ccccc1[Si](c1ccccc1)(C(C)(C)C)c1ccccc12. The van der Waals surface area contributed by atoms with Crippen LogP contribution in [0, 0.1) is 0 Å². The quantitative estimate of drug-likeness (QED) is 0.514. The van der Waals surface area contributed by atoms with Crippen LogP contribution in [0.5, 0.6) is 0 Å². The first-order chi connectivity index (χ1) is 13.5. The zero-order valence-corrected chi connectivity index (χ0v) is 17.9. The molecule has 0 N–H and O–H groups in total. The second-order valence-corrected chi connectivity index (χ2v) is 13.7. The van der Waals surface area contributed by atoms with Gasteiger partial charge in [-0.05, 0) is 54.9 Å². The highest BCUT2D eigenvalue weighted by molar-refractivity contribution is 7.14. The van der Waals surface area contributed by atoms with Crippen LogP contribution >= 0.6 is 0 Å². The summed E-state index contributed by atoms with van der Waals surface area (Å²) in [6.45, 7) is 11.7. The molecule has 1 heteroatoms. The molecule has 5 rings (SSSR count). The van der Waals surface area contributed by atoms with E-state index in [1.54, 1.807) is 5.19 Å². The van der Waals surface area contributed by atoms with E-state index in [0.717, 1.165) is 6.42 Å². The van der Waals surface area contributed by atoms with Crippen molar-refractivity contribution in [2.24, 2.45) is 0 Å². The molecule has 0 fully saturated rings. The van der Waals surface area contributed by atoms with Crippen molar-refractivity contribution in [3.05, 3.63) is 102 Å². The number of hydrogen-bond donors (Lipinski definition) is 0. The molecule has 3 aromatic rings. The third kappa shape index (κ3) is 2.11. The van der Waals surface area contributed by atoms with Crippen molar-refractivity contribution < 1.29 is 0 Å². The van der Waals surface area contributed by atoms with Crippen LogP contribution in [0.3, 0.4) is 0 Å². The van der Waals surface area contributed by atoms with E-state index in [9.17, 15) is 0 Å². The van der Waals surface area contributed by atoms with Crippen molar-refractivity contribution >= 4 is 34.8 Å². The first kappa shape index (κ1) is 17.5. The molecule has 0 radical (unpaired) electrons. The summed E-state index contributed by atoms with van der Waals surface area (Å²) in [5.74, 6) is 0. The van der Waals surface area contributed by atoms with Crippen molar-refractivity contribution in [1.29, 1.82) is 0 Å². The zero-order chi connectivity index (χ0) is 19.5. The summed E-state index contributed by atoms with van der Waals surface area (Å²) in [4.78, 5) is 0. The molecule has 138 valence electrons. The molecule has 0 nitrogen and oxygen atoms in total. The van der Waals surface area contributed by atoms with Crippen LogP contribution in [0.2, 0.25) is 5.04 Å². The number of fused-ring (bicyclic) bond motifs is 4. The van der Waals surface area contributed by atoms with Crippen LogP contribution in [0.25, 0.3) is 11.1 Å². The van der Waals surface area contributed by atoms with E-state index >= 15 is 0 Å². The van der Waals surface area contributed by atoms with Crippen molar-refractivity contribution in [3.8, 4) is 0 Å². The predicted molar refractivity (Wildman–Crippen MR) is 124 cm³/mol. The highest BCUT2D eigenvalue weighted by Crippen LogP contribution is 2.49. The van der Waals surface area contributed by atoms with Crippen LogP contribution in [-0.4, -0.2) is 8.07 Å². The van der Waals surface area contributed by atoms with Gasteiger partial charge in [0.1, 0.15) is 0 Å². The summed E-state index contributed by atoms with van der Waals surface area (Å²) in [5, 5.41) is 4.70. The van der Waals surface area contributed by atoms with E-state index in [1.807, 2.05) is 0 Å². The summed E-state index contributed by atoms with van der Waals surface area (Å²) < 4.78 is 0. The standard InChI is InChI=1S/C27H26Si/c1-19-18-23-21-14-8-10-16-24(21)28(27(2,3)4,20-12-6-5-7-13-20)25-17-11-9-15-22(25)26(19)23/h5-17H,1,18H2,2-4H3. The number of rotatable bonds is 1. The lowest BCUT2D eigenvalue weighted by Crippen LogP contribution is -2.73. The normalized spacial score (nSPS) is 20.6. The Labute approximate surface area is 169 Å². The van der Waals surface area contributed by atoms with Crippen LogP contribution in [0.1, 0.15) is 38.3 Å². The summed E-state index contributed by atoms with van der Waals surface area (Å²) >= 11 is 0. The largest absolute Gasteiger partial charge is 0.155 e. The number of benzene rings is 3. The van der Waals surface area contributed by atoms with Crippen LogP contribution < -0.4 is 15.6 Å². The van der Waals surface area contributed by atoms with Gasteiger partial charge in [-0.15, -0.1) is 0 Å². The van der Waals surface area contributed by atoms with Gasteiger partial charge in [0.2, 0.25) is 0 Å². The molecule has 1 atom stereocenters. The van der Waals surface area contributed by atoms with Gasteiger partial charge in [-0.3, -0.25) is 0 Å². The average Bonchev–Trinajstić information content (AvgIpc) is 2.76. The Kier molecular flexibility index (Phi) is 3.69. The maximum Gasteiger partial charge on any atom is 0.155 e. The fourth-order valence-corrected chi connectivity index (χ4v) is 11.6. The molecule has 0 aromatic heterocycles. The molecule has 1 aliphatic heterocycles. The van der Waals surface area contributed by atoms with Crippen molar-refractivity contribution in [3.63, 3.8) is 0 Å². The van der Waals surface area contributed by atoms with Crippen LogP contribution in [-0.2, 0) is 0 Å². The van der Waals surface area contributed by atoms with Crippen LogP contribution in [0.15, 0.2) is 91.0 Å². The minimum absolute atomic E-state index is 0.118. The van der Waals surface area contributed by atoms with E-state index in [-0.39, 0.29) is 5.04 Å². The van der Waals surface area contributed by atoms with E-state index < -0.39 is 8.07 Å². The summed E-state index contributed by atoms with van der Waals surface area (Å²) in [5.41, 5.74) is 7.03. The fraction of sp³-hybridized carbons (Fsp3) is 0.185. The minimum Gasteiger partial charge on any atom is -0.0949 e. The van der Waals surface area contributed by atoms with Gasteiger partial charge in [0.05, 0.1) is 0 Å². The molecular weight excluding hydrogens is 352 g/mol. The topological polar surface area (TPSA) is 0 Å². The van der Waals surface area contributed by atoms with Gasteiger partial charge in [0.25, 0.3) is 0 Å². The molecule has 1 heterocycles. The highest BCUT2D eigenvalue weighted by Gasteiger charge is 2.53. The van der Waals surface area contributed by atoms with E-state index in [1.165, 1.54) is 38.2 Å². The molecule has 28 heavy (non-hydrogen) atoms. The number of allylic oxidation sites excluding steroid dienone is 3. The van der Waals surface area contributed by atoms with E-state index in [0.29, 0.717) is 0 Å². The predicted octanol–water partition coefficient (Wildman–Crippen LogP) is 5.14. The average molecular weight is 379 g/mol. The monoisotopic (exact) mass is 378 g/mol. The van der Waals surface area contributed by atoms with Gasteiger partial charge in [-0.1, -0.05) is 106 Å². The molecule has 0 spiro atoms. The van der Waals surface area contributed by atoms with Crippen LogP contribution in [0.4, 0.5) is 0 Å². The Hall–Kier alpha value is -2.64. The third-order valence-corrected chi connectivity index (χ3v) is 12.6. The lowest BCUT2D eigenvalue weighted by atomic mass is 9.77. The van der Waals surface area contributed by atoms with Gasteiger partial charge in [0.15, 0.2) is 8.07 Å². The van der Waals surface area contributed by atoms with Gasteiger partial charge in [0, 0.05) is 0 Å². The van der Waals surface area contributed by atoms with Crippen molar-refractivity contribution in [1.82, 2.24) is 0 Å². The summed E-state index contributed by atoms with van der Waals surface area (Å²) in [6, 6.07) is 29.6.